The Morgan fingerprint density at radius 2 is 1.38 bits per heavy atom. The highest BCUT2D eigenvalue weighted by Crippen LogP contribution is 2.30. The van der Waals surface area contributed by atoms with Crippen LogP contribution in [0.4, 0.5) is 0 Å². The van der Waals surface area contributed by atoms with E-state index in [1.165, 1.54) is 15.7 Å². The number of nitrogens with one attached hydrogen (secondary N) is 1. The number of fused-ring (bicyclic) bond motifs is 1. The van der Waals surface area contributed by atoms with E-state index in [-0.39, 0.29) is 53.7 Å². The van der Waals surface area contributed by atoms with Crippen molar-refractivity contribution in [1.82, 2.24) is 23.7 Å². The van der Waals surface area contributed by atoms with Crippen LogP contribution in [0.15, 0.2) is 94.5 Å². The number of rotatable bonds is 18. The molecule has 1 N–H and O–H groups in total. The number of sulfonamides is 1. The molecule has 52 heavy (non-hydrogen) atoms. The number of benzene rings is 3. The highest BCUT2D eigenvalue weighted by Gasteiger charge is 2.25. The van der Waals surface area contributed by atoms with E-state index in [1.54, 1.807) is 29.6 Å². The Balaban J connectivity index is 0.00000605. The molecule has 2 heterocycles. The van der Waals surface area contributed by atoms with Crippen LogP contribution in [-0.2, 0) is 27.8 Å². The minimum absolute atomic E-state index is 0. The first-order valence-corrected chi connectivity index (χ1v) is 19.9. The van der Waals surface area contributed by atoms with Crippen LogP contribution in [0.3, 0.4) is 0 Å². The van der Waals surface area contributed by atoms with Gasteiger partial charge in [0, 0.05) is 32.7 Å². The number of aryl methyl sites for hydroxylation is 1. The molecular formula is C40H56ClN5O5S. The van der Waals surface area contributed by atoms with Gasteiger partial charge in [0.1, 0.15) is 12.0 Å². The number of hydrogen-bond donors (Lipinski definition) is 1. The van der Waals surface area contributed by atoms with Gasteiger partial charge in [0.25, 0.3) is 5.56 Å². The summed E-state index contributed by atoms with van der Waals surface area (Å²) in [5, 5.41) is 0.540. The zero-order valence-corrected chi connectivity index (χ0v) is 32.7. The lowest BCUT2D eigenvalue weighted by Gasteiger charge is -2.34. The lowest BCUT2D eigenvalue weighted by molar-refractivity contribution is -0.0271. The first-order valence-electron chi connectivity index (χ1n) is 18.2. The summed E-state index contributed by atoms with van der Waals surface area (Å²) in [4.78, 5) is 31.4. The van der Waals surface area contributed by atoms with Gasteiger partial charge in [-0.1, -0.05) is 86.6 Å². The molecule has 1 fully saturated rings. The minimum Gasteiger partial charge on any atom is -0.365 e. The Kier molecular flexibility index (Phi) is 15.3. The van der Waals surface area contributed by atoms with Crippen molar-refractivity contribution in [1.29, 1.82) is 0 Å². The number of likely N-dealkylation sites (tertiary alicyclic amines) is 1. The van der Waals surface area contributed by atoms with Crippen molar-refractivity contribution in [2.75, 3.05) is 46.2 Å². The summed E-state index contributed by atoms with van der Waals surface area (Å²) in [5.41, 5.74) is 2.16. The second kappa shape index (κ2) is 19.1. The molecule has 284 valence electrons. The van der Waals surface area contributed by atoms with Gasteiger partial charge in [0.2, 0.25) is 10.0 Å². The Morgan fingerprint density at radius 1 is 0.808 bits per heavy atom. The fraction of sp³-hybridized carbons (Fsp3) is 0.500. The molecule has 0 bridgehead atoms. The van der Waals surface area contributed by atoms with E-state index in [0.29, 0.717) is 36.8 Å². The second-order valence-corrected chi connectivity index (χ2v) is 16.7. The predicted molar refractivity (Wildman–Crippen MR) is 213 cm³/mol. The van der Waals surface area contributed by atoms with Gasteiger partial charge in [-0.25, -0.2) is 17.9 Å². The van der Waals surface area contributed by atoms with Crippen molar-refractivity contribution in [3.63, 3.8) is 0 Å². The second-order valence-electron chi connectivity index (χ2n) is 14.9. The Bertz CT molecular complexity index is 1890. The number of hydrogen-bond acceptors (Lipinski definition) is 7. The summed E-state index contributed by atoms with van der Waals surface area (Å²) in [6.07, 6.45) is 4.97. The smallest absolute Gasteiger partial charge is 0.331 e. The summed E-state index contributed by atoms with van der Waals surface area (Å²) in [5.74, 6) is -0.0718. The SMILES string of the molecule is CN(C)CS(=O)(=O)NCCC(C)(C)CCn1c(=O)c2ccccc2n(CCCCN2CCC(OC(c3ccccc3)c3ccccc3)CC2)c1=O.Cl. The van der Waals surface area contributed by atoms with E-state index in [0.717, 1.165) is 45.3 Å². The van der Waals surface area contributed by atoms with Gasteiger partial charge in [0.05, 0.1) is 17.0 Å². The summed E-state index contributed by atoms with van der Waals surface area (Å²) in [6, 6.07) is 28.2. The molecule has 1 aromatic heterocycles. The third-order valence-electron chi connectivity index (χ3n) is 9.87. The molecule has 0 unspecified atom stereocenters. The zero-order chi connectivity index (χ0) is 36.4. The summed E-state index contributed by atoms with van der Waals surface area (Å²) < 4.78 is 37.0. The van der Waals surface area contributed by atoms with E-state index in [9.17, 15) is 18.0 Å². The summed E-state index contributed by atoms with van der Waals surface area (Å²) >= 11 is 0. The van der Waals surface area contributed by atoms with E-state index in [4.69, 9.17) is 4.74 Å². The molecule has 5 rings (SSSR count). The molecule has 4 aromatic rings. The van der Waals surface area contributed by atoms with Crippen molar-refractivity contribution < 1.29 is 13.2 Å². The number of unbranched alkanes of at least 4 members (excludes halogenated alkanes) is 1. The summed E-state index contributed by atoms with van der Waals surface area (Å²) in [7, 11) is 0.0280. The molecule has 0 saturated carbocycles. The highest BCUT2D eigenvalue weighted by molar-refractivity contribution is 7.89. The normalized spacial score (nSPS) is 14.7. The maximum Gasteiger partial charge on any atom is 0.331 e. The number of ether oxygens (including phenoxy) is 1. The lowest BCUT2D eigenvalue weighted by atomic mass is 9.86. The van der Waals surface area contributed by atoms with E-state index in [2.05, 4.69) is 58.2 Å². The molecule has 0 radical (unpaired) electrons. The maximum atomic E-state index is 13.8. The molecule has 1 aliphatic heterocycles. The number of piperidine rings is 1. The van der Waals surface area contributed by atoms with Crippen LogP contribution in [0.25, 0.3) is 10.9 Å². The Labute approximate surface area is 315 Å². The molecule has 1 saturated heterocycles. The highest BCUT2D eigenvalue weighted by atomic mass is 35.5. The van der Waals surface area contributed by atoms with Crippen LogP contribution >= 0.6 is 12.4 Å². The Morgan fingerprint density at radius 3 is 2.00 bits per heavy atom. The quantitative estimate of drug-likeness (QED) is 0.127. The standard InChI is InChI=1S/C40H55N5O5S.ClH/c1-40(2,23-25-41-51(48,49)31-42(3)4)24-30-45-38(46)35-19-11-12-20-36(35)44(39(45)47)27-14-13-26-43-28-21-34(22-29-43)50-37(32-15-7-5-8-16-32)33-17-9-6-10-18-33;/h5-12,15-20,34,37,41H,13-14,21-31H2,1-4H3;1H. The maximum absolute atomic E-state index is 13.8. The summed E-state index contributed by atoms with van der Waals surface area (Å²) in [6.45, 7) is 8.08. The minimum atomic E-state index is -3.40. The molecule has 0 spiro atoms. The van der Waals surface area contributed by atoms with Crippen molar-refractivity contribution in [2.45, 2.75) is 77.7 Å². The number of para-hydroxylation sites is 1. The predicted octanol–water partition coefficient (Wildman–Crippen LogP) is 5.88. The zero-order valence-electron chi connectivity index (χ0n) is 31.1. The van der Waals surface area contributed by atoms with Crippen molar-refractivity contribution in [2.24, 2.45) is 5.41 Å². The van der Waals surface area contributed by atoms with Gasteiger partial charge in [-0.3, -0.25) is 18.8 Å². The average molecular weight is 754 g/mol. The number of halogens is 1. The molecule has 1 aliphatic rings. The lowest BCUT2D eigenvalue weighted by Crippen LogP contribution is -2.41. The van der Waals surface area contributed by atoms with E-state index in [1.807, 2.05) is 44.2 Å². The molecular weight excluding hydrogens is 698 g/mol. The molecule has 10 nitrogen and oxygen atoms in total. The topological polar surface area (TPSA) is 106 Å². The van der Waals surface area contributed by atoms with Gasteiger partial charge in [-0.2, -0.15) is 0 Å². The molecule has 0 aliphatic carbocycles. The van der Waals surface area contributed by atoms with Gasteiger partial charge in [0.15, 0.2) is 0 Å². The van der Waals surface area contributed by atoms with Crippen LogP contribution in [0.5, 0.6) is 0 Å². The molecule has 0 amide bonds. The van der Waals surface area contributed by atoms with Crippen LogP contribution < -0.4 is 16.0 Å². The number of aromatic nitrogens is 2. The Hall–Kier alpha value is -3.32. The molecule has 0 atom stereocenters. The molecule has 3 aromatic carbocycles. The fourth-order valence-corrected chi connectivity index (χ4v) is 8.11. The molecule has 12 heteroatoms. The monoisotopic (exact) mass is 753 g/mol. The van der Waals surface area contributed by atoms with Gasteiger partial charge < -0.3 is 9.64 Å². The fourth-order valence-electron chi connectivity index (χ4n) is 6.93. The van der Waals surface area contributed by atoms with Crippen molar-refractivity contribution >= 4 is 33.3 Å². The first-order chi connectivity index (χ1) is 24.4. The average Bonchev–Trinajstić information content (AvgIpc) is 3.10. The third-order valence-corrected chi connectivity index (χ3v) is 11.4. The first kappa shape index (κ1) is 41.4. The largest absolute Gasteiger partial charge is 0.365 e. The third kappa shape index (κ3) is 11.6. The van der Waals surface area contributed by atoms with Crippen LogP contribution in [0, 0.1) is 5.41 Å². The number of nitrogens with zero attached hydrogens (tertiary/aromatic N) is 4. The van der Waals surface area contributed by atoms with Crippen LogP contribution in [0.2, 0.25) is 0 Å². The van der Waals surface area contributed by atoms with Gasteiger partial charge in [-0.15, -0.1) is 12.4 Å². The van der Waals surface area contributed by atoms with Crippen molar-refractivity contribution in [3.05, 3.63) is 117 Å². The van der Waals surface area contributed by atoms with Crippen LogP contribution in [-0.4, -0.2) is 79.6 Å². The van der Waals surface area contributed by atoms with E-state index >= 15 is 0 Å². The van der Waals surface area contributed by atoms with Crippen LogP contribution in [0.1, 0.15) is 69.6 Å². The van der Waals surface area contributed by atoms with Gasteiger partial charge >= 0.3 is 5.69 Å². The van der Waals surface area contributed by atoms with Gasteiger partial charge in [-0.05, 0) is 87.8 Å². The van der Waals surface area contributed by atoms with E-state index < -0.39 is 10.0 Å². The van der Waals surface area contributed by atoms with Crippen molar-refractivity contribution in [3.8, 4) is 0 Å².